The monoisotopic (exact) mass is 202 g/mol. The molecule has 0 aliphatic rings. The summed E-state index contributed by atoms with van der Waals surface area (Å²) >= 11 is 0. The van der Waals surface area contributed by atoms with E-state index in [0.29, 0.717) is 32.5 Å². The summed E-state index contributed by atoms with van der Waals surface area (Å²) in [6.07, 6.45) is 2.66. The summed E-state index contributed by atoms with van der Waals surface area (Å²) in [6.45, 7) is 4.20. The quantitative estimate of drug-likeness (QED) is 0.465. The van der Waals surface area contributed by atoms with Crippen molar-refractivity contribution < 1.29 is 19.1 Å². The van der Waals surface area contributed by atoms with Crippen molar-refractivity contribution in [3.63, 3.8) is 0 Å². The zero-order valence-corrected chi connectivity index (χ0v) is 8.88. The van der Waals surface area contributed by atoms with Gasteiger partial charge in [0, 0.05) is 13.3 Å². The van der Waals surface area contributed by atoms with Gasteiger partial charge in [-0.1, -0.05) is 6.92 Å². The Morgan fingerprint density at radius 2 is 1.79 bits per heavy atom. The summed E-state index contributed by atoms with van der Waals surface area (Å²) in [5.41, 5.74) is 0. The number of esters is 2. The highest BCUT2D eigenvalue weighted by Gasteiger charge is 2.01. The maximum atomic E-state index is 11.0. The molecule has 0 fully saturated rings. The number of hydrogen-bond acceptors (Lipinski definition) is 4. The smallest absolute Gasteiger partial charge is 0.305 e. The summed E-state index contributed by atoms with van der Waals surface area (Å²) in [4.78, 5) is 21.3. The van der Waals surface area contributed by atoms with Crippen LogP contribution in [0.5, 0.6) is 0 Å². The Kier molecular flexibility index (Phi) is 7.89. The molecule has 0 spiro atoms. The normalized spacial score (nSPS) is 9.57. The van der Waals surface area contributed by atoms with E-state index in [-0.39, 0.29) is 11.9 Å². The first-order valence-electron chi connectivity index (χ1n) is 4.95. The summed E-state index contributed by atoms with van der Waals surface area (Å²) in [6, 6.07) is 0. The highest BCUT2D eigenvalue weighted by molar-refractivity contribution is 5.69. The Hall–Kier alpha value is -1.06. The van der Waals surface area contributed by atoms with Gasteiger partial charge in [0.1, 0.15) is 0 Å². The molecule has 0 saturated heterocycles. The number of hydrogen-bond donors (Lipinski definition) is 0. The molecule has 4 heteroatoms. The van der Waals surface area contributed by atoms with E-state index in [1.807, 2.05) is 6.92 Å². The number of carbonyl (C=O) groups excluding carboxylic acids is 2. The van der Waals surface area contributed by atoms with E-state index in [2.05, 4.69) is 0 Å². The van der Waals surface area contributed by atoms with Crippen LogP contribution in [0.15, 0.2) is 0 Å². The number of unbranched alkanes of at least 4 members (excludes halogenated alkanes) is 1. The van der Waals surface area contributed by atoms with Gasteiger partial charge in [-0.05, 0) is 19.3 Å². The molecule has 0 N–H and O–H groups in total. The second-order valence-electron chi connectivity index (χ2n) is 3.02. The largest absolute Gasteiger partial charge is 0.466 e. The topological polar surface area (TPSA) is 52.6 Å². The fourth-order valence-corrected chi connectivity index (χ4v) is 0.875. The average Bonchev–Trinajstić information content (AvgIpc) is 2.13. The van der Waals surface area contributed by atoms with Crippen LogP contribution in [0, 0.1) is 0 Å². The summed E-state index contributed by atoms with van der Waals surface area (Å²) in [5, 5.41) is 0. The zero-order chi connectivity index (χ0) is 10.8. The third kappa shape index (κ3) is 9.03. The van der Waals surface area contributed by atoms with Crippen LogP contribution in [-0.4, -0.2) is 25.2 Å². The van der Waals surface area contributed by atoms with Gasteiger partial charge in [0.05, 0.1) is 13.2 Å². The molecule has 0 bridgehead atoms. The Bertz CT molecular complexity index is 177. The number of ether oxygens (including phenoxy) is 2. The van der Waals surface area contributed by atoms with Crippen molar-refractivity contribution in [2.75, 3.05) is 13.2 Å². The van der Waals surface area contributed by atoms with Gasteiger partial charge in [-0.15, -0.1) is 0 Å². The van der Waals surface area contributed by atoms with Gasteiger partial charge in [0.15, 0.2) is 0 Å². The molecule has 4 nitrogen and oxygen atoms in total. The summed E-state index contributed by atoms with van der Waals surface area (Å²) < 4.78 is 9.59. The van der Waals surface area contributed by atoms with Crippen molar-refractivity contribution in [3.8, 4) is 0 Å². The van der Waals surface area contributed by atoms with Crippen LogP contribution in [0.25, 0.3) is 0 Å². The van der Waals surface area contributed by atoms with Crippen molar-refractivity contribution >= 4 is 11.9 Å². The van der Waals surface area contributed by atoms with Crippen LogP contribution in [-0.2, 0) is 19.1 Å². The van der Waals surface area contributed by atoms with E-state index in [1.165, 1.54) is 6.92 Å². The summed E-state index contributed by atoms with van der Waals surface area (Å²) in [7, 11) is 0. The van der Waals surface area contributed by atoms with Crippen LogP contribution < -0.4 is 0 Å². The Balaban J connectivity index is 3.19. The summed E-state index contributed by atoms with van der Waals surface area (Å²) in [5.74, 6) is -0.451. The predicted octanol–water partition coefficient (Wildman–Crippen LogP) is 1.67. The maximum absolute atomic E-state index is 11.0. The molecule has 0 atom stereocenters. The first-order chi connectivity index (χ1) is 6.66. The molecule has 0 radical (unpaired) electrons. The fourth-order valence-electron chi connectivity index (χ4n) is 0.875. The van der Waals surface area contributed by atoms with E-state index < -0.39 is 0 Å². The molecular weight excluding hydrogens is 184 g/mol. The molecule has 14 heavy (non-hydrogen) atoms. The third-order valence-corrected chi connectivity index (χ3v) is 1.55. The van der Waals surface area contributed by atoms with Gasteiger partial charge in [0.2, 0.25) is 0 Å². The molecule has 0 aromatic rings. The van der Waals surface area contributed by atoms with Gasteiger partial charge < -0.3 is 9.47 Å². The van der Waals surface area contributed by atoms with Crippen LogP contribution in [0.4, 0.5) is 0 Å². The predicted molar refractivity (Wildman–Crippen MR) is 51.7 cm³/mol. The van der Waals surface area contributed by atoms with Gasteiger partial charge in [-0.25, -0.2) is 0 Å². The minimum atomic E-state index is -0.279. The first kappa shape index (κ1) is 12.9. The van der Waals surface area contributed by atoms with Gasteiger partial charge in [-0.3, -0.25) is 9.59 Å². The standard InChI is InChI=1S/C10H18O4/c1-3-7-14-10(12)6-4-5-8-13-9(2)11/h3-8H2,1-2H3. The van der Waals surface area contributed by atoms with Crippen molar-refractivity contribution in [3.05, 3.63) is 0 Å². The molecule has 0 heterocycles. The first-order valence-corrected chi connectivity index (χ1v) is 4.95. The molecular formula is C10H18O4. The van der Waals surface area contributed by atoms with E-state index >= 15 is 0 Å². The van der Waals surface area contributed by atoms with Crippen molar-refractivity contribution in [1.29, 1.82) is 0 Å². The molecule has 0 saturated carbocycles. The van der Waals surface area contributed by atoms with Crippen LogP contribution in [0.3, 0.4) is 0 Å². The SMILES string of the molecule is CCCOC(=O)CCCCOC(C)=O. The maximum Gasteiger partial charge on any atom is 0.305 e. The zero-order valence-electron chi connectivity index (χ0n) is 8.88. The van der Waals surface area contributed by atoms with Crippen LogP contribution >= 0.6 is 0 Å². The Morgan fingerprint density at radius 3 is 2.36 bits per heavy atom. The lowest BCUT2D eigenvalue weighted by Crippen LogP contribution is -2.06. The van der Waals surface area contributed by atoms with Gasteiger partial charge in [-0.2, -0.15) is 0 Å². The second-order valence-corrected chi connectivity index (χ2v) is 3.02. The van der Waals surface area contributed by atoms with E-state index in [4.69, 9.17) is 9.47 Å². The molecule has 0 aliphatic heterocycles. The van der Waals surface area contributed by atoms with Crippen molar-refractivity contribution in [2.24, 2.45) is 0 Å². The second kappa shape index (κ2) is 8.53. The van der Waals surface area contributed by atoms with Crippen molar-refractivity contribution in [2.45, 2.75) is 39.5 Å². The average molecular weight is 202 g/mol. The lowest BCUT2D eigenvalue weighted by molar-refractivity contribution is -0.143. The Morgan fingerprint density at radius 1 is 1.07 bits per heavy atom. The van der Waals surface area contributed by atoms with E-state index in [1.54, 1.807) is 0 Å². The van der Waals surface area contributed by atoms with Gasteiger partial charge in [0.25, 0.3) is 0 Å². The lowest BCUT2D eigenvalue weighted by atomic mass is 10.2. The minimum absolute atomic E-state index is 0.172. The molecule has 0 unspecified atom stereocenters. The minimum Gasteiger partial charge on any atom is -0.466 e. The van der Waals surface area contributed by atoms with Crippen LogP contribution in [0.2, 0.25) is 0 Å². The number of rotatable bonds is 7. The Labute approximate surface area is 84.6 Å². The third-order valence-electron chi connectivity index (χ3n) is 1.55. The highest BCUT2D eigenvalue weighted by atomic mass is 16.5. The van der Waals surface area contributed by atoms with E-state index in [9.17, 15) is 9.59 Å². The van der Waals surface area contributed by atoms with Crippen molar-refractivity contribution in [1.82, 2.24) is 0 Å². The molecule has 0 rings (SSSR count). The molecule has 0 amide bonds. The molecule has 0 aliphatic carbocycles. The highest BCUT2D eigenvalue weighted by Crippen LogP contribution is 1.98. The molecule has 0 aromatic carbocycles. The van der Waals surface area contributed by atoms with Crippen LogP contribution in [0.1, 0.15) is 39.5 Å². The van der Waals surface area contributed by atoms with Gasteiger partial charge >= 0.3 is 11.9 Å². The fraction of sp³-hybridized carbons (Fsp3) is 0.800. The molecule has 82 valence electrons. The van der Waals surface area contributed by atoms with E-state index in [0.717, 1.165) is 6.42 Å². The molecule has 0 aromatic heterocycles. The lowest BCUT2D eigenvalue weighted by Gasteiger charge is -2.03. The number of carbonyl (C=O) groups is 2.